The van der Waals surface area contributed by atoms with Gasteiger partial charge in [0, 0.05) is 0 Å². The van der Waals surface area contributed by atoms with Gasteiger partial charge in [0.05, 0.1) is 0 Å². The Hall–Kier alpha value is -0.250. The largest absolute Gasteiger partial charge is 0.367 e. The van der Waals surface area contributed by atoms with Gasteiger partial charge in [-0.05, 0) is 19.1 Å². The SMILES string of the molecule is CC(F)(CCS)C(N)=O. The molecular weight excluding hydrogens is 141 g/mol. The summed E-state index contributed by atoms with van der Waals surface area (Å²) >= 11 is 3.76. The number of hydrogen-bond acceptors (Lipinski definition) is 2. The summed E-state index contributed by atoms with van der Waals surface area (Å²) in [7, 11) is 0. The average molecular weight is 151 g/mol. The third-order valence-corrected chi connectivity index (χ3v) is 1.32. The van der Waals surface area contributed by atoms with E-state index in [4.69, 9.17) is 5.73 Å². The topological polar surface area (TPSA) is 43.1 Å². The summed E-state index contributed by atoms with van der Waals surface area (Å²) in [6.45, 7) is 1.16. The second kappa shape index (κ2) is 3.06. The number of carbonyl (C=O) groups is 1. The normalized spacial score (nSPS) is 16.8. The van der Waals surface area contributed by atoms with E-state index >= 15 is 0 Å². The van der Waals surface area contributed by atoms with Gasteiger partial charge in [-0.3, -0.25) is 4.79 Å². The number of thiol groups is 1. The van der Waals surface area contributed by atoms with Crippen molar-refractivity contribution in [3.05, 3.63) is 0 Å². The van der Waals surface area contributed by atoms with Crippen LogP contribution in [0.5, 0.6) is 0 Å². The molecule has 1 atom stereocenters. The first-order valence-corrected chi connectivity index (χ1v) is 3.23. The highest BCUT2D eigenvalue weighted by molar-refractivity contribution is 7.80. The molecule has 2 nitrogen and oxygen atoms in total. The van der Waals surface area contributed by atoms with Gasteiger partial charge in [0.15, 0.2) is 5.67 Å². The van der Waals surface area contributed by atoms with E-state index < -0.39 is 11.6 Å². The summed E-state index contributed by atoms with van der Waals surface area (Å²) in [4.78, 5) is 10.2. The van der Waals surface area contributed by atoms with Gasteiger partial charge in [0.1, 0.15) is 0 Å². The molecular formula is C5H10FNOS. The third-order valence-electron chi connectivity index (χ3n) is 1.10. The van der Waals surface area contributed by atoms with Gasteiger partial charge in [-0.2, -0.15) is 12.6 Å². The van der Waals surface area contributed by atoms with Crippen LogP contribution in [-0.2, 0) is 4.79 Å². The van der Waals surface area contributed by atoms with Crippen LogP contribution in [-0.4, -0.2) is 17.3 Å². The van der Waals surface area contributed by atoms with E-state index in [1.807, 2.05) is 0 Å². The van der Waals surface area contributed by atoms with Crippen LogP contribution in [0, 0.1) is 0 Å². The van der Waals surface area contributed by atoms with Crippen molar-refractivity contribution in [1.82, 2.24) is 0 Å². The Morgan fingerprint density at radius 2 is 2.33 bits per heavy atom. The van der Waals surface area contributed by atoms with Gasteiger partial charge < -0.3 is 5.73 Å². The molecule has 0 aromatic carbocycles. The summed E-state index contributed by atoms with van der Waals surface area (Å²) in [5, 5.41) is 0. The highest BCUT2D eigenvalue weighted by Crippen LogP contribution is 2.14. The molecule has 0 heterocycles. The molecule has 9 heavy (non-hydrogen) atoms. The quantitative estimate of drug-likeness (QED) is 0.567. The number of amides is 1. The predicted molar refractivity (Wildman–Crippen MR) is 37.2 cm³/mol. The van der Waals surface area contributed by atoms with Gasteiger partial charge >= 0.3 is 0 Å². The molecule has 0 aliphatic rings. The Morgan fingerprint density at radius 1 is 1.89 bits per heavy atom. The Kier molecular flexibility index (Phi) is 2.97. The number of alkyl halides is 1. The molecule has 0 rings (SSSR count). The zero-order valence-electron chi connectivity index (χ0n) is 5.22. The molecule has 0 radical (unpaired) electrons. The van der Waals surface area contributed by atoms with Crippen LogP contribution in [0.3, 0.4) is 0 Å². The fourth-order valence-corrected chi connectivity index (χ4v) is 0.753. The Labute approximate surface area is 59.0 Å². The summed E-state index contributed by atoms with van der Waals surface area (Å²) in [5.74, 6) is -0.591. The Morgan fingerprint density at radius 3 is 2.44 bits per heavy atom. The Bertz CT molecular complexity index is 116. The summed E-state index contributed by atoms with van der Waals surface area (Å²) in [6.07, 6.45) is 0.0748. The predicted octanol–water partition coefficient (Wildman–Crippen LogP) is 0.520. The molecule has 0 saturated carbocycles. The molecule has 54 valence electrons. The molecule has 0 spiro atoms. The summed E-state index contributed by atoms with van der Waals surface area (Å²) in [5.41, 5.74) is 2.82. The zero-order valence-corrected chi connectivity index (χ0v) is 6.12. The van der Waals surface area contributed by atoms with Gasteiger partial charge in [0.2, 0.25) is 0 Å². The van der Waals surface area contributed by atoms with E-state index in [1.54, 1.807) is 0 Å². The van der Waals surface area contributed by atoms with Crippen LogP contribution in [0.15, 0.2) is 0 Å². The van der Waals surface area contributed by atoms with Crippen molar-refractivity contribution in [2.75, 3.05) is 5.75 Å². The monoisotopic (exact) mass is 151 g/mol. The third kappa shape index (κ3) is 2.70. The molecule has 1 amide bonds. The van der Waals surface area contributed by atoms with Crippen molar-refractivity contribution in [3.63, 3.8) is 0 Å². The fraction of sp³-hybridized carbons (Fsp3) is 0.800. The first-order valence-electron chi connectivity index (χ1n) is 2.60. The standard InChI is InChI=1S/C5H10FNOS/c1-5(6,2-3-9)4(7)8/h9H,2-3H2,1H3,(H2,7,8). The lowest BCUT2D eigenvalue weighted by Gasteiger charge is -2.13. The van der Waals surface area contributed by atoms with Crippen LogP contribution in [0.2, 0.25) is 0 Å². The van der Waals surface area contributed by atoms with Crippen LogP contribution in [0.1, 0.15) is 13.3 Å². The van der Waals surface area contributed by atoms with Crippen molar-refractivity contribution < 1.29 is 9.18 Å². The van der Waals surface area contributed by atoms with Gasteiger partial charge in [0.25, 0.3) is 5.91 Å². The number of carbonyl (C=O) groups excluding carboxylic acids is 1. The minimum atomic E-state index is -1.89. The minimum Gasteiger partial charge on any atom is -0.367 e. The van der Waals surface area contributed by atoms with E-state index in [2.05, 4.69) is 12.6 Å². The summed E-state index contributed by atoms with van der Waals surface area (Å²) in [6, 6.07) is 0. The van der Waals surface area contributed by atoms with E-state index in [-0.39, 0.29) is 6.42 Å². The van der Waals surface area contributed by atoms with Gasteiger partial charge in [-0.15, -0.1) is 0 Å². The second-order valence-corrected chi connectivity index (χ2v) is 2.48. The van der Waals surface area contributed by atoms with Crippen LogP contribution in [0.4, 0.5) is 4.39 Å². The maximum Gasteiger partial charge on any atom is 0.254 e. The fourth-order valence-electron chi connectivity index (χ4n) is 0.333. The van der Waals surface area contributed by atoms with Gasteiger partial charge in [-0.1, -0.05) is 0 Å². The summed E-state index contributed by atoms with van der Waals surface area (Å²) < 4.78 is 12.7. The number of primary amides is 1. The van der Waals surface area contributed by atoms with E-state index in [0.29, 0.717) is 5.75 Å². The number of rotatable bonds is 3. The van der Waals surface area contributed by atoms with Crippen molar-refractivity contribution >= 4 is 18.5 Å². The molecule has 0 aliphatic carbocycles. The van der Waals surface area contributed by atoms with Crippen molar-refractivity contribution in [2.24, 2.45) is 5.73 Å². The maximum absolute atomic E-state index is 12.7. The lowest BCUT2D eigenvalue weighted by Crippen LogP contribution is -2.36. The van der Waals surface area contributed by atoms with Crippen molar-refractivity contribution in [1.29, 1.82) is 0 Å². The molecule has 0 bridgehead atoms. The molecule has 0 aliphatic heterocycles. The second-order valence-electron chi connectivity index (χ2n) is 2.04. The number of halogens is 1. The highest BCUT2D eigenvalue weighted by atomic mass is 32.1. The first kappa shape index (κ1) is 8.75. The van der Waals surface area contributed by atoms with Crippen molar-refractivity contribution in [3.8, 4) is 0 Å². The van der Waals surface area contributed by atoms with E-state index in [0.717, 1.165) is 6.92 Å². The molecule has 1 unspecified atom stereocenters. The highest BCUT2D eigenvalue weighted by Gasteiger charge is 2.28. The molecule has 4 heteroatoms. The van der Waals surface area contributed by atoms with Crippen molar-refractivity contribution in [2.45, 2.75) is 19.0 Å². The molecule has 0 aromatic rings. The van der Waals surface area contributed by atoms with E-state index in [9.17, 15) is 9.18 Å². The van der Waals surface area contributed by atoms with Gasteiger partial charge in [-0.25, -0.2) is 4.39 Å². The molecule has 0 saturated heterocycles. The smallest absolute Gasteiger partial charge is 0.254 e. The van der Waals surface area contributed by atoms with E-state index in [1.165, 1.54) is 0 Å². The first-order chi connectivity index (χ1) is 4.00. The van der Waals surface area contributed by atoms with Crippen LogP contribution < -0.4 is 5.73 Å². The maximum atomic E-state index is 12.7. The molecule has 2 N–H and O–H groups in total. The van der Waals surface area contributed by atoms with Crippen LogP contribution >= 0.6 is 12.6 Å². The lowest BCUT2D eigenvalue weighted by atomic mass is 10.1. The Balaban J connectivity index is 3.85. The molecule has 0 fully saturated rings. The average Bonchev–Trinajstić information content (AvgIpc) is 1.65. The minimum absolute atomic E-state index is 0.0748. The zero-order chi connectivity index (χ0) is 7.49. The molecule has 0 aromatic heterocycles. The lowest BCUT2D eigenvalue weighted by molar-refractivity contribution is -0.128. The van der Waals surface area contributed by atoms with Crippen LogP contribution in [0.25, 0.3) is 0 Å². The number of nitrogens with two attached hydrogens (primary N) is 1. The number of hydrogen-bond donors (Lipinski definition) is 2.